The van der Waals surface area contributed by atoms with E-state index in [2.05, 4.69) is 68.8 Å². The molecule has 1 aromatic carbocycles. The smallest absolute Gasteiger partial charge is 0.0655 e. The average Bonchev–Trinajstić information content (AvgIpc) is 2.49. The zero-order valence-corrected chi connectivity index (χ0v) is 13.2. The normalized spacial score (nSPS) is 12.2. The summed E-state index contributed by atoms with van der Waals surface area (Å²) in [5.74, 6) is 0.637. The Morgan fingerprint density at radius 2 is 1.90 bits per heavy atom. The van der Waals surface area contributed by atoms with Crippen molar-refractivity contribution >= 4 is 18.3 Å². The molecule has 0 unspecified atom stereocenters. The van der Waals surface area contributed by atoms with Gasteiger partial charge in [0.1, 0.15) is 0 Å². The monoisotopic (exact) mass is 285 g/mol. The fraction of sp³-hybridized carbons (Fsp3) is 0.222. The van der Waals surface area contributed by atoms with Crippen molar-refractivity contribution in [2.75, 3.05) is 10.8 Å². The first-order chi connectivity index (χ1) is 9.63. The maximum atomic E-state index is 4.42. The van der Waals surface area contributed by atoms with Crippen molar-refractivity contribution < 1.29 is 0 Å². The lowest BCUT2D eigenvalue weighted by Crippen LogP contribution is -2.18. The molecule has 0 fully saturated rings. The zero-order chi connectivity index (χ0) is 15.0. The molecular weight excluding hydrogens is 262 g/mol. The van der Waals surface area contributed by atoms with Gasteiger partial charge in [-0.15, -0.1) is 0 Å². The number of nitrogens with zero attached hydrogens (tertiary/aromatic N) is 1. The molecule has 0 aliphatic rings. The fourth-order valence-corrected chi connectivity index (χ4v) is 2.23. The molecule has 106 valence electrons. The van der Waals surface area contributed by atoms with E-state index in [1.807, 2.05) is 24.3 Å². The van der Waals surface area contributed by atoms with Gasteiger partial charge >= 0.3 is 0 Å². The van der Waals surface area contributed by atoms with Gasteiger partial charge in [0.15, 0.2) is 0 Å². The molecule has 0 atom stereocenters. The van der Waals surface area contributed by atoms with Crippen LogP contribution < -0.4 is 4.90 Å². The molecule has 1 rings (SSSR count). The standard InChI is InChI=1S/C18H23NS/c1-5-15(3)17(6-2)13-12-16(4)19(14-20)18-10-8-7-9-11-18/h6-13,20H,2-3,5,14H2,1,4H3/b16-12+,17-13+. The maximum Gasteiger partial charge on any atom is 0.0655 e. The van der Waals surface area contributed by atoms with E-state index >= 15 is 0 Å². The third kappa shape index (κ3) is 4.46. The highest BCUT2D eigenvalue weighted by Crippen LogP contribution is 2.20. The summed E-state index contributed by atoms with van der Waals surface area (Å²) in [5.41, 5.74) is 4.45. The molecule has 0 radical (unpaired) electrons. The largest absolute Gasteiger partial charge is 0.336 e. The van der Waals surface area contributed by atoms with Crippen LogP contribution in [0.2, 0.25) is 0 Å². The Morgan fingerprint density at radius 1 is 1.25 bits per heavy atom. The first kappa shape index (κ1) is 16.4. The fourth-order valence-electron chi connectivity index (χ4n) is 1.84. The molecular formula is C18H23NS. The zero-order valence-electron chi connectivity index (χ0n) is 12.3. The topological polar surface area (TPSA) is 3.24 Å². The molecule has 1 nitrogen and oxygen atoms in total. The minimum Gasteiger partial charge on any atom is -0.336 e. The van der Waals surface area contributed by atoms with E-state index in [4.69, 9.17) is 0 Å². The number of anilines is 1. The lowest BCUT2D eigenvalue weighted by Gasteiger charge is -2.23. The summed E-state index contributed by atoms with van der Waals surface area (Å²) in [6, 6.07) is 10.2. The third-order valence-corrected chi connectivity index (χ3v) is 3.48. The van der Waals surface area contributed by atoms with Crippen LogP contribution in [0.25, 0.3) is 0 Å². The van der Waals surface area contributed by atoms with E-state index < -0.39 is 0 Å². The van der Waals surface area contributed by atoms with Gasteiger partial charge in [0, 0.05) is 11.4 Å². The van der Waals surface area contributed by atoms with Crippen LogP contribution in [0.3, 0.4) is 0 Å². The number of benzene rings is 1. The van der Waals surface area contributed by atoms with E-state index in [-0.39, 0.29) is 0 Å². The predicted octanol–water partition coefficient (Wildman–Crippen LogP) is 5.36. The van der Waals surface area contributed by atoms with Gasteiger partial charge in [-0.3, -0.25) is 0 Å². The first-order valence-electron chi connectivity index (χ1n) is 6.76. The Balaban J connectivity index is 2.99. The van der Waals surface area contributed by atoms with E-state index in [9.17, 15) is 0 Å². The molecule has 0 aliphatic heterocycles. The number of allylic oxidation sites excluding steroid dienone is 6. The van der Waals surface area contributed by atoms with Crippen LogP contribution >= 0.6 is 12.6 Å². The molecule has 2 heteroatoms. The van der Waals surface area contributed by atoms with Gasteiger partial charge in [0.2, 0.25) is 0 Å². The van der Waals surface area contributed by atoms with Crippen LogP contribution in [0.15, 0.2) is 78.6 Å². The average molecular weight is 285 g/mol. The molecule has 0 spiro atoms. The van der Waals surface area contributed by atoms with Crippen molar-refractivity contribution in [3.8, 4) is 0 Å². The van der Waals surface area contributed by atoms with Crippen molar-refractivity contribution in [2.45, 2.75) is 20.3 Å². The second-order valence-corrected chi connectivity index (χ2v) is 4.78. The van der Waals surface area contributed by atoms with Crippen LogP contribution in [-0.2, 0) is 0 Å². The van der Waals surface area contributed by atoms with Crippen molar-refractivity contribution in [2.24, 2.45) is 0 Å². The summed E-state index contributed by atoms with van der Waals surface area (Å²) in [7, 11) is 0. The SMILES string of the molecule is C=C/C(=C\C=C(/C)N(CS)c1ccccc1)C(=C)CC. The first-order valence-corrected chi connectivity index (χ1v) is 7.39. The minimum atomic E-state index is 0.637. The van der Waals surface area contributed by atoms with Crippen LogP contribution in [0.1, 0.15) is 20.3 Å². The quantitative estimate of drug-likeness (QED) is 0.401. The molecule has 0 aliphatic carbocycles. The van der Waals surface area contributed by atoms with Gasteiger partial charge in [-0.05, 0) is 42.7 Å². The summed E-state index contributed by atoms with van der Waals surface area (Å²) in [4.78, 5) is 2.15. The highest BCUT2D eigenvalue weighted by molar-refractivity contribution is 7.80. The van der Waals surface area contributed by atoms with E-state index in [0.717, 1.165) is 29.0 Å². The second kappa shape index (κ2) is 8.49. The maximum absolute atomic E-state index is 4.42. The van der Waals surface area contributed by atoms with Crippen molar-refractivity contribution in [3.05, 3.63) is 78.6 Å². The molecule has 0 saturated carbocycles. The number of hydrogen-bond acceptors (Lipinski definition) is 2. The number of rotatable bonds is 7. The number of hydrogen-bond donors (Lipinski definition) is 1. The Labute approximate surface area is 128 Å². The highest BCUT2D eigenvalue weighted by Gasteiger charge is 2.05. The van der Waals surface area contributed by atoms with Crippen molar-refractivity contribution in [3.63, 3.8) is 0 Å². The Bertz CT molecular complexity index is 511. The summed E-state index contributed by atoms with van der Waals surface area (Å²) in [5, 5.41) is 0. The molecule has 0 N–H and O–H groups in total. The van der Waals surface area contributed by atoms with Crippen LogP contribution in [0, 0.1) is 0 Å². The van der Waals surface area contributed by atoms with Gasteiger partial charge in [-0.1, -0.05) is 50.4 Å². The Morgan fingerprint density at radius 3 is 2.40 bits per heavy atom. The van der Waals surface area contributed by atoms with Crippen LogP contribution in [0.5, 0.6) is 0 Å². The van der Waals surface area contributed by atoms with Gasteiger partial charge in [0.25, 0.3) is 0 Å². The Kier molecular flexibility index (Phi) is 6.96. The van der Waals surface area contributed by atoms with Crippen molar-refractivity contribution in [1.29, 1.82) is 0 Å². The molecule has 0 bridgehead atoms. The lowest BCUT2D eigenvalue weighted by molar-refractivity contribution is 1.06. The summed E-state index contributed by atoms with van der Waals surface area (Å²) in [6.45, 7) is 12.1. The number of para-hydroxylation sites is 1. The summed E-state index contributed by atoms with van der Waals surface area (Å²) in [6.07, 6.45) is 6.93. The van der Waals surface area contributed by atoms with Crippen molar-refractivity contribution in [1.82, 2.24) is 0 Å². The van der Waals surface area contributed by atoms with E-state index in [0.29, 0.717) is 5.88 Å². The molecule has 1 aromatic rings. The van der Waals surface area contributed by atoms with Crippen LogP contribution in [0.4, 0.5) is 5.69 Å². The lowest BCUT2D eigenvalue weighted by atomic mass is 10.1. The predicted molar refractivity (Wildman–Crippen MR) is 94.2 cm³/mol. The van der Waals surface area contributed by atoms with Gasteiger partial charge in [0.05, 0.1) is 5.88 Å². The molecule has 20 heavy (non-hydrogen) atoms. The molecule has 0 heterocycles. The third-order valence-electron chi connectivity index (χ3n) is 3.19. The number of thiol groups is 1. The van der Waals surface area contributed by atoms with E-state index in [1.165, 1.54) is 0 Å². The molecule has 0 saturated heterocycles. The van der Waals surface area contributed by atoms with E-state index in [1.54, 1.807) is 0 Å². The molecule has 0 aromatic heterocycles. The molecule has 0 amide bonds. The Hall–Kier alpha value is -1.67. The summed E-state index contributed by atoms with van der Waals surface area (Å²) < 4.78 is 0. The summed E-state index contributed by atoms with van der Waals surface area (Å²) >= 11 is 4.42. The van der Waals surface area contributed by atoms with Gasteiger partial charge in [-0.2, -0.15) is 12.6 Å². The van der Waals surface area contributed by atoms with Gasteiger partial charge in [-0.25, -0.2) is 0 Å². The van der Waals surface area contributed by atoms with Crippen LogP contribution in [-0.4, -0.2) is 5.88 Å². The highest BCUT2D eigenvalue weighted by atomic mass is 32.1. The minimum absolute atomic E-state index is 0.637. The second-order valence-electron chi connectivity index (χ2n) is 4.50. The van der Waals surface area contributed by atoms with Gasteiger partial charge < -0.3 is 4.90 Å².